The number of hydrogen-bond acceptors (Lipinski definition) is 2. The lowest BCUT2D eigenvalue weighted by Gasteiger charge is -2.49. The predicted octanol–water partition coefficient (Wildman–Crippen LogP) is 4.01. The Morgan fingerprint density at radius 1 is 1.27 bits per heavy atom. The van der Waals surface area contributed by atoms with Gasteiger partial charge in [0.25, 0.3) is 10.0 Å². The Labute approximate surface area is 145 Å². The lowest BCUT2D eigenvalue weighted by Crippen LogP contribution is -2.56. The molecule has 0 saturated carbocycles. The molecule has 0 aromatic heterocycles. The van der Waals surface area contributed by atoms with Gasteiger partial charge in [0.2, 0.25) is 0 Å². The standard InChI is InChI=1S/C17H18INO2S/c1-17(2)13-10-12(18)7-8-15(13)22(20,21)19-14-6-4-3-5-11(14)9-16(17)19/h3-6,8,10,13,16H,7,9H2,1-2H3/t13-,16-/m1/s1. The maximum absolute atomic E-state index is 13.2. The number of hydrogen-bond donors (Lipinski definition) is 0. The van der Waals surface area contributed by atoms with Gasteiger partial charge in [0.15, 0.2) is 0 Å². The third kappa shape index (κ3) is 1.81. The van der Waals surface area contributed by atoms with Crippen LogP contribution in [0.15, 0.2) is 44.9 Å². The molecular weight excluding hydrogens is 409 g/mol. The van der Waals surface area contributed by atoms with Crippen molar-refractivity contribution in [1.82, 2.24) is 0 Å². The fourth-order valence-electron chi connectivity index (χ4n) is 4.04. The molecule has 0 spiro atoms. The first-order valence-corrected chi connectivity index (χ1v) is 10.0. The van der Waals surface area contributed by atoms with Crippen LogP contribution in [0.2, 0.25) is 0 Å². The van der Waals surface area contributed by atoms with Gasteiger partial charge < -0.3 is 0 Å². The summed E-state index contributed by atoms with van der Waals surface area (Å²) in [5.74, 6) is -0.0197. The number of benzene rings is 1. The molecule has 3 nitrogen and oxygen atoms in total. The first kappa shape index (κ1) is 14.8. The van der Waals surface area contributed by atoms with Gasteiger partial charge >= 0.3 is 0 Å². The second-order valence-electron chi connectivity index (χ2n) is 6.87. The van der Waals surface area contributed by atoms with Crippen molar-refractivity contribution in [1.29, 1.82) is 0 Å². The van der Waals surface area contributed by atoms with Gasteiger partial charge in [0.05, 0.1) is 16.6 Å². The van der Waals surface area contributed by atoms with Crippen molar-refractivity contribution < 1.29 is 8.42 Å². The Balaban J connectivity index is 1.96. The van der Waals surface area contributed by atoms with Crippen LogP contribution in [0.1, 0.15) is 25.8 Å². The first-order valence-electron chi connectivity index (χ1n) is 7.52. The largest absolute Gasteiger partial charge is 0.262 e. The summed E-state index contributed by atoms with van der Waals surface area (Å²) in [4.78, 5) is 0.589. The molecule has 0 radical (unpaired) electrons. The van der Waals surface area contributed by atoms with Gasteiger partial charge in [-0.05, 0) is 56.1 Å². The van der Waals surface area contributed by atoms with Crippen LogP contribution in [0.3, 0.4) is 0 Å². The minimum absolute atomic E-state index is 0.00407. The molecule has 22 heavy (non-hydrogen) atoms. The summed E-state index contributed by atoms with van der Waals surface area (Å²) >= 11 is 2.32. The average molecular weight is 427 g/mol. The summed E-state index contributed by atoms with van der Waals surface area (Å²) < 4.78 is 29.3. The van der Waals surface area contributed by atoms with Crippen molar-refractivity contribution in [3.05, 3.63) is 50.5 Å². The van der Waals surface area contributed by atoms with Gasteiger partial charge in [-0.15, -0.1) is 0 Å². The highest BCUT2D eigenvalue weighted by atomic mass is 127. The van der Waals surface area contributed by atoms with Crippen LogP contribution >= 0.6 is 22.6 Å². The van der Waals surface area contributed by atoms with E-state index in [1.807, 2.05) is 24.3 Å². The summed E-state index contributed by atoms with van der Waals surface area (Å²) in [5, 5.41) is 0. The third-order valence-corrected chi connectivity index (χ3v) is 8.08. The van der Waals surface area contributed by atoms with E-state index < -0.39 is 10.0 Å². The molecule has 0 N–H and O–H groups in total. The Kier molecular flexibility index (Phi) is 3.08. The van der Waals surface area contributed by atoms with Crippen LogP contribution in [0.5, 0.6) is 0 Å². The molecule has 4 rings (SSSR count). The average Bonchev–Trinajstić information content (AvgIpc) is 2.87. The lowest BCUT2D eigenvalue weighted by molar-refractivity contribution is 0.229. The smallest absolute Gasteiger partial charge is 0.261 e. The van der Waals surface area contributed by atoms with Gasteiger partial charge in [0, 0.05) is 5.92 Å². The second kappa shape index (κ2) is 4.60. The van der Waals surface area contributed by atoms with Crippen molar-refractivity contribution in [3.8, 4) is 0 Å². The van der Waals surface area contributed by atoms with E-state index in [1.165, 1.54) is 3.58 Å². The Morgan fingerprint density at radius 2 is 2.00 bits per heavy atom. The van der Waals surface area contributed by atoms with Gasteiger partial charge in [-0.1, -0.05) is 44.2 Å². The summed E-state index contributed by atoms with van der Waals surface area (Å²) in [6, 6.07) is 7.90. The molecule has 2 heterocycles. The molecular formula is C17H18INO2S. The Hall–Kier alpha value is -0.820. The second-order valence-corrected chi connectivity index (χ2v) is 10.1. The number of allylic oxidation sites excluding steroid dienone is 4. The van der Waals surface area contributed by atoms with E-state index in [2.05, 4.69) is 48.6 Å². The minimum atomic E-state index is -3.42. The van der Waals surface area contributed by atoms with Gasteiger partial charge in [-0.2, -0.15) is 0 Å². The zero-order valence-electron chi connectivity index (χ0n) is 12.6. The number of anilines is 1. The zero-order chi connectivity index (χ0) is 15.7. The normalized spacial score (nSPS) is 30.8. The van der Waals surface area contributed by atoms with Crippen LogP contribution in [0.25, 0.3) is 0 Å². The zero-order valence-corrected chi connectivity index (χ0v) is 15.6. The SMILES string of the molecule is CC1(C)[C@@H]2C=C(I)CC=C2S(=O)(=O)N2c3ccccc3C[C@@H]21. The van der Waals surface area contributed by atoms with E-state index in [1.54, 1.807) is 4.31 Å². The van der Waals surface area contributed by atoms with Gasteiger partial charge in [0.1, 0.15) is 0 Å². The molecule has 3 aliphatic rings. The van der Waals surface area contributed by atoms with Crippen molar-refractivity contribution in [3.63, 3.8) is 0 Å². The van der Waals surface area contributed by atoms with E-state index in [0.717, 1.165) is 24.1 Å². The van der Waals surface area contributed by atoms with Crippen molar-refractivity contribution >= 4 is 38.3 Å². The van der Waals surface area contributed by atoms with Crippen molar-refractivity contribution in [2.45, 2.75) is 32.7 Å². The molecule has 1 aromatic carbocycles. The van der Waals surface area contributed by atoms with Crippen molar-refractivity contribution in [2.75, 3.05) is 4.31 Å². The molecule has 5 heteroatoms. The fourth-order valence-corrected chi connectivity index (χ4v) is 6.96. The maximum Gasteiger partial charge on any atom is 0.261 e. The maximum atomic E-state index is 13.2. The number of nitrogens with zero attached hydrogens (tertiary/aromatic N) is 1. The van der Waals surface area contributed by atoms with Crippen LogP contribution in [-0.4, -0.2) is 14.5 Å². The highest BCUT2D eigenvalue weighted by Crippen LogP contribution is 2.55. The molecule has 0 amide bonds. The molecule has 0 unspecified atom stereocenters. The molecule has 1 fully saturated rings. The van der Waals surface area contributed by atoms with Crippen LogP contribution < -0.4 is 4.31 Å². The van der Waals surface area contributed by atoms with E-state index in [-0.39, 0.29) is 17.4 Å². The highest BCUT2D eigenvalue weighted by Gasteiger charge is 2.56. The minimum Gasteiger partial charge on any atom is -0.262 e. The molecule has 0 bridgehead atoms. The summed E-state index contributed by atoms with van der Waals surface area (Å²) in [7, 11) is -3.42. The Morgan fingerprint density at radius 3 is 2.77 bits per heavy atom. The monoisotopic (exact) mass is 427 g/mol. The number of fused-ring (bicyclic) bond motifs is 4. The molecule has 2 aliphatic heterocycles. The van der Waals surface area contributed by atoms with E-state index in [9.17, 15) is 8.42 Å². The molecule has 1 aliphatic carbocycles. The van der Waals surface area contributed by atoms with Gasteiger partial charge in [-0.3, -0.25) is 4.31 Å². The number of halogens is 1. The molecule has 1 saturated heterocycles. The van der Waals surface area contributed by atoms with Crippen LogP contribution in [-0.2, 0) is 16.4 Å². The van der Waals surface area contributed by atoms with Crippen molar-refractivity contribution in [2.24, 2.45) is 11.3 Å². The molecule has 2 atom stereocenters. The predicted molar refractivity (Wildman–Crippen MR) is 97.4 cm³/mol. The molecule has 116 valence electrons. The number of rotatable bonds is 0. The summed E-state index contributed by atoms with van der Waals surface area (Å²) in [6.07, 6.45) is 5.60. The van der Waals surface area contributed by atoms with Crippen LogP contribution in [0, 0.1) is 11.3 Å². The van der Waals surface area contributed by atoms with E-state index in [0.29, 0.717) is 4.91 Å². The number of sulfonamides is 1. The number of para-hydroxylation sites is 1. The lowest BCUT2D eigenvalue weighted by atomic mass is 9.70. The first-order chi connectivity index (χ1) is 10.3. The van der Waals surface area contributed by atoms with Gasteiger partial charge in [-0.25, -0.2) is 8.42 Å². The fraction of sp³-hybridized carbons (Fsp3) is 0.412. The van der Waals surface area contributed by atoms with E-state index in [4.69, 9.17) is 0 Å². The molecule has 1 aromatic rings. The van der Waals surface area contributed by atoms with E-state index >= 15 is 0 Å². The topological polar surface area (TPSA) is 37.4 Å². The van der Waals surface area contributed by atoms with Crippen LogP contribution in [0.4, 0.5) is 5.69 Å². The highest BCUT2D eigenvalue weighted by molar-refractivity contribution is 14.1. The Bertz CT molecular complexity index is 823. The summed E-state index contributed by atoms with van der Waals surface area (Å²) in [5.41, 5.74) is 1.89. The third-order valence-electron chi connectivity index (χ3n) is 5.29. The quantitative estimate of drug-likeness (QED) is 0.587. The summed E-state index contributed by atoms with van der Waals surface area (Å²) in [6.45, 7) is 4.41.